The standard InChI is InChI=1S/C28H30FN7O.CH4/c1-34-11-7-22-18(27(34)37)5-3-10-36(22)26-24-21(15-32-26)33-23(16-31-24)35-12-8-28(9-13-35)14-19-17(25(28)30)4-2-6-20(19)29;/h2,4,6-7,11,16,25H,3,5,8-10,12-15,30H2,1H3;1H4/t25-;/m1./s1. The van der Waals surface area contributed by atoms with Gasteiger partial charge in [-0.15, -0.1) is 0 Å². The number of piperidine rings is 1. The third-order valence-electron chi connectivity index (χ3n) is 8.88. The lowest BCUT2D eigenvalue weighted by atomic mass is 9.73. The van der Waals surface area contributed by atoms with Crippen LogP contribution in [0.3, 0.4) is 0 Å². The van der Waals surface area contributed by atoms with Crippen molar-refractivity contribution in [3.63, 3.8) is 0 Å². The normalized spacial score (nSPS) is 21.0. The van der Waals surface area contributed by atoms with Crippen molar-refractivity contribution in [2.45, 2.75) is 52.1 Å². The van der Waals surface area contributed by atoms with Crippen LogP contribution in [0.1, 0.15) is 60.8 Å². The molecule has 1 atom stereocenters. The third kappa shape index (κ3) is 3.59. The molecule has 0 amide bonds. The Morgan fingerprint density at radius 1 is 1.13 bits per heavy atom. The zero-order chi connectivity index (χ0) is 25.3. The molecule has 3 aromatic rings. The molecule has 1 saturated heterocycles. The number of nitrogens with two attached hydrogens (primary N) is 1. The van der Waals surface area contributed by atoms with Gasteiger partial charge in [-0.3, -0.25) is 9.79 Å². The molecule has 1 aromatic carbocycles. The molecule has 0 saturated carbocycles. The molecule has 5 heterocycles. The number of benzene rings is 1. The van der Waals surface area contributed by atoms with E-state index in [0.717, 1.165) is 90.7 Å². The van der Waals surface area contributed by atoms with Crippen LogP contribution in [-0.2, 0) is 26.4 Å². The number of halogens is 1. The average Bonchev–Trinajstić information content (AvgIpc) is 3.46. The average molecular weight is 516 g/mol. The summed E-state index contributed by atoms with van der Waals surface area (Å²) in [5, 5.41) is 0. The lowest BCUT2D eigenvalue weighted by molar-refractivity contribution is 0.186. The molecule has 8 nitrogen and oxygen atoms in total. The van der Waals surface area contributed by atoms with E-state index in [0.29, 0.717) is 13.0 Å². The van der Waals surface area contributed by atoms with Crippen LogP contribution >= 0.6 is 0 Å². The Bertz CT molecular complexity index is 1510. The molecule has 0 radical (unpaired) electrons. The Morgan fingerprint density at radius 3 is 2.74 bits per heavy atom. The second kappa shape index (κ2) is 9.01. The zero-order valence-corrected chi connectivity index (χ0v) is 21.0. The second-order valence-electron chi connectivity index (χ2n) is 10.8. The van der Waals surface area contributed by atoms with Crippen molar-refractivity contribution in [3.05, 3.63) is 80.9 Å². The maximum Gasteiger partial charge on any atom is 0.255 e. The number of aromatic nitrogens is 3. The Labute approximate surface area is 222 Å². The summed E-state index contributed by atoms with van der Waals surface area (Å²) in [6, 6.07) is 7.15. The highest BCUT2D eigenvalue weighted by Crippen LogP contribution is 2.51. The number of rotatable bonds is 1. The fourth-order valence-corrected chi connectivity index (χ4v) is 6.73. The Morgan fingerprint density at radius 2 is 1.95 bits per heavy atom. The minimum absolute atomic E-state index is 0. The number of amidine groups is 1. The number of aryl methyl sites for hydroxylation is 1. The van der Waals surface area contributed by atoms with E-state index in [1.807, 2.05) is 24.5 Å². The predicted octanol–water partition coefficient (Wildman–Crippen LogP) is 3.51. The molecule has 9 heteroatoms. The Kier molecular flexibility index (Phi) is 5.86. The zero-order valence-electron chi connectivity index (χ0n) is 21.0. The lowest BCUT2D eigenvalue weighted by Gasteiger charge is -2.42. The van der Waals surface area contributed by atoms with Gasteiger partial charge in [0.25, 0.3) is 5.56 Å². The summed E-state index contributed by atoms with van der Waals surface area (Å²) >= 11 is 0. The fourth-order valence-electron chi connectivity index (χ4n) is 6.73. The van der Waals surface area contributed by atoms with Crippen molar-refractivity contribution >= 4 is 17.3 Å². The van der Waals surface area contributed by atoms with Gasteiger partial charge in [0, 0.05) is 44.5 Å². The van der Waals surface area contributed by atoms with Gasteiger partial charge in [-0.2, -0.15) is 0 Å². The first-order chi connectivity index (χ1) is 17.9. The molecule has 198 valence electrons. The van der Waals surface area contributed by atoms with Gasteiger partial charge in [-0.1, -0.05) is 19.6 Å². The van der Waals surface area contributed by atoms with Crippen molar-refractivity contribution in [3.8, 4) is 0 Å². The Hall–Kier alpha value is -3.59. The number of fused-ring (bicyclic) bond motifs is 3. The first-order valence-electron chi connectivity index (χ1n) is 13.1. The number of pyridine rings is 1. The predicted molar refractivity (Wildman–Crippen MR) is 147 cm³/mol. The van der Waals surface area contributed by atoms with Crippen LogP contribution in [0, 0.1) is 11.2 Å². The molecule has 7 rings (SSSR count). The number of hydrogen-bond donors (Lipinski definition) is 1. The minimum Gasteiger partial charge on any atom is -0.355 e. The topological polar surface area (TPSA) is 92.6 Å². The van der Waals surface area contributed by atoms with Gasteiger partial charge in [0.2, 0.25) is 0 Å². The molecular weight excluding hydrogens is 481 g/mol. The summed E-state index contributed by atoms with van der Waals surface area (Å²) in [5.74, 6) is 1.52. The van der Waals surface area contributed by atoms with Crippen molar-refractivity contribution in [1.29, 1.82) is 0 Å². The number of nitrogens with zero attached hydrogens (tertiary/aromatic N) is 6. The molecule has 1 aliphatic carbocycles. The molecule has 0 unspecified atom stereocenters. The van der Waals surface area contributed by atoms with E-state index in [1.165, 1.54) is 6.07 Å². The van der Waals surface area contributed by atoms with Crippen molar-refractivity contribution < 1.29 is 4.39 Å². The van der Waals surface area contributed by atoms with Crippen LogP contribution < -0.4 is 21.1 Å². The van der Waals surface area contributed by atoms with E-state index in [2.05, 4.69) is 9.80 Å². The molecule has 38 heavy (non-hydrogen) atoms. The van der Waals surface area contributed by atoms with Crippen LogP contribution in [0.15, 0.2) is 46.4 Å². The van der Waals surface area contributed by atoms with Gasteiger partial charge < -0.3 is 20.1 Å². The SMILES string of the molecule is C.Cn1ccc2c(c1=O)CCCN2C1=NCc2nc(N3CCC4(CC3)Cc3c(F)cccc3[C@H]4N)cnc21. The highest BCUT2D eigenvalue weighted by molar-refractivity contribution is 6.11. The second-order valence-corrected chi connectivity index (χ2v) is 10.8. The van der Waals surface area contributed by atoms with Gasteiger partial charge >= 0.3 is 0 Å². The van der Waals surface area contributed by atoms with Crippen LogP contribution in [-0.4, -0.2) is 40.0 Å². The maximum atomic E-state index is 14.4. The molecule has 2 aromatic heterocycles. The molecule has 0 bridgehead atoms. The van der Waals surface area contributed by atoms with Crippen LogP contribution in [0.2, 0.25) is 0 Å². The highest BCUT2D eigenvalue weighted by Gasteiger charge is 2.47. The van der Waals surface area contributed by atoms with Gasteiger partial charge in [0.1, 0.15) is 17.3 Å². The fraction of sp³-hybridized carbons (Fsp3) is 0.448. The van der Waals surface area contributed by atoms with Crippen LogP contribution in [0.5, 0.6) is 0 Å². The maximum absolute atomic E-state index is 14.4. The van der Waals surface area contributed by atoms with Crippen molar-refractivity contribution in [1.82, 2.24) is 14.5 Å². The van der Waals surface area contributed by atoms with Crippen molar-refractivity contribution in [2.75, 3.05) is 29.4 Å². The Balaban J connectivity index is 0.00000264. The molecule has 1 fully saturated rings. The monoisotopic (exact) mass is 515 g/mol. The molecule has 2 N–H and O–H groups in total. The molecule has 4 aliphatic rings. The highest BCUT2D eigenvalue weighted by atomic mass is 19.1. The van der Waals surface area contributed by atoms with Crippen LogP contribution in [0.25, 0.3) is 0 Å². The summed E-state index contributed by atoms with van der Waals surface area (Å²) in [5.41, 5.74) is 11.8. The lowest BCUT2D eigenvalue weighted by Crippen LogP contribution is -2.44. The number of aliphatic imine (C=N–C) groups is 1. The van der Waals surface area contributed by atoms with E-state index in [-0.39, 0.29) is 30.3 Å². The summed E-state index contributed by atoms with van der Waals surface area (Å²) in [7, 11) is 1.79. The summed E-state index contributed by atoms with van der Waals surface area (Å²) < 4.78 is 16.1. The smallest absolute Gasteiger partial charge is 0.255 e. The number of hydrogen-bond acceptors (Lipinski definition) is 7. The summed E-state index contributed by atoms with van der Waals surface area (Å²) in [4.78, 5) is 31.6. The van der Waals surface area contributed by atoms with E-state index < -0.39 is 0 Å². The van der Waals surface area contributed by atoms with Gasteiger partial charge in [-0.05, 0) is 60.8 Å². The van der Waals surface area contributed by atoms with Crippen molar-refractivity contribution in [2.24, 2.45) is 23.2 Å². The molecule has 3 aliphatic heterocycles. The first-order valence-corrected chi connectivity index (χ1v) is 13.1. The van der Waals surface area contributed by atoms with E-state index in [9.17, 15) is 9.18 Å². The summed E-state index contributed by atoms with van der Waals surface area (Å²) in [6.07, 6.45) is 7.83. The summed E-state index contributed by atoms with van der Waals surface area (Å²) in [6.45, 7) is 2.92. The third-order valence-corrected chi connectivity index (χ3v) is 8.88. The number of anilines is 2. The molecular formula is C29H34FN7O. The van der Waals surface area contributed by atoms with E-state index >= 15 is 0 Å². The van der Waals surface area contributed by atoms with E-state index in [4.69, 9.17) is 20.7 Å². The van der Waals surface area contributed by atoms with Gasteiger partial charge in [-0.25, -0.2) is 14.4 Å². The molecule has 1 spiro atoms. The van der Waals surface area contributed by atoms with E-state index in [1.54, 1.807) is 17.7 Å². The van der Waals surface area contributed by atoms with Gasteiger partial charge in [0.15, 0.2) is 5.84 Å². The van der Waals surface area contributed by atoms with Gasteiger partial charge in [0.05, 0.1) is 24.1 Å². The first kappa shape index (κ1) is 24.7. The largest absolute Gasteiger partial charge is 0.355 e. The minimum atomic E-state index is -0.135. The quantitative estimate of drug-likeness (QED) is 0.533. The van der Waals surface area contributed by atoms with Crippen LogP contribution in [0.4, 0.5) is 15.9 Å².